The molecule has 6 nitrogen and oxygen atoms in total. The molecular weight excluding hydrogens is 296 g/mol. The number of amides is 1. The molecule has 0 radical (unpaired) electrons. The van der Waals surface area contributed by atoms with Crippen molar-refractivity contribution in [3.05, 3.63) is 17.8 Å². The van der Waals surface area contributed by atoms with E-state index in [1.165, 1.54) is 39.1 Å². The minimum absolute atomic E-state index is 0.150. The van der Waals surface area contributed by atoms with E-state index >= 15 is 0 Å². The average molecular weight is 320 g/mol. The zero-order chi connectivity index (χ0) is 16.2. The van der Waals surface area contributed by atoms with Gasteiger partial charge in [-0.25, -0.2) is 9.78 Å². The quantitative estimate of drug-likeness (QED) is 0.722. The van der Waals surface area contributed by atoms with Crippen LogP contribution in [0.25, 0.3) is 0 Å². The smallest absolute Gasteiger partial charge is 0.360 e. The molecule has 2 aliphatic rings. The van der Waals surface area contributed by atoms with Gasteiger partial charge >= 0.3 is 5.97 Å². The van der Waals surface area contributed by atoms with E-state index in [2.05, 4.69) is 9.72 Å². The molecule has 126 valence electrons. The Kier molecular flexibility index (Phi) is 4.98. The fraction of sp³-hybridized carbons (Fsp3) is 0.706. The molecule has 0 aliphatic heterocycles. The van der Waals surface area contributed by atoms with Gasteiger partial charge in [0.15, 0.2) is 5.69 Å². The van der Waals surface area contributed by atoms with Crippen LogP contribution in [0.4, 0.5) is 0 Å². The van der Waals surface area contributed by atoms with Crippen molar-refractivity contribution >= 4 is 11.9 Å². The summed E-state index contributed by atoms with van der Waals surface area (Å²) in [6.45, 7) is 0.338. The predicted octanol–water partition coefficient (Wildman–Crippen LogP) is 2.92. The normalized spacial score (nSPS) is 18.1. The molecule has 3 rings (SSSR count). The zero-order valence-corrected chi connectivity index (χ0v) is 13.6. The van der Waals surface area contributed by atoms with Gasteiger partial charge in [0.25, 0.3) is 0 Å². The fourth-order valence-corrected chi connectivity index (χ4v) is 3.30. The van der Waals surface area contributed by atoms with Crippen LogP contribution in [-0.2, 0) is 16.1 Å². The van der Waals surface area contributed by atoms with Crippen LogP contribution < -0.4 is 0 Å². The zero-order valence-electron chi connectivity index (χ0n) is 13.6. The average Bonchev–Trinajstić information content (AvgIpc) is 3.08. The summed E-state index contributed by atoms with van der Waals surface area (Å²) < 4.78 is 9.93. The number of ether oxygens (including phenoxy) is 1. The Balaban J connectivity index is 1.56. The number of carbonyl (C=O) groups excluding carboxylic acids is 2. The second kappa shape index (κ2) is 7.15. The third-order valence-corrected chi connectivity index (χ3v) is 4.80. The fourth-order valence-electron chi connectivity index (χ4n) is 3.30. The van der Waals surface area contributed by atoms with Crippen LogP contribution in [0.5, 0.6) is 0 Å². The highest BCUT2D eigenvalue weighted by Gasteiger charge is 2.33. The van der Waals surface area contributed by atoms with Crippen LogP contribution in [0.15, 0.2) is 10.7 Å². The van der Waals surface area contributed by atoms with Crippen molar-refractivity contribution in [2.45, 2.75) is 64.0 Å². The SMILES string of the molecule is COC(=O)c1coc(CN(C(=O)CCC2CCCC2)C2CC2)n1. The molecule has 2 saturated carbocycles. The number of methoxy groups -OCH3 is 1. The molecule has 1 amide bonds. The van der Waals surface area contributed by atoms with E-state index in [9.17, 15) is 9.59 Å². The first-order valence-corrected chi connectivity index (χ1v) is 8.49. The molecule has 0 spiro atoms. The topological polar surface area (TPSA) is 72.6 Å². The van der Waals surface area contributed by atoms with Crippen LogP contribution in [0.1, 0.15) is 67.7 Å². The second-order valence-electron chi connectivity index (χ2n) is 6.56. The molecule has 2 fully saturated rings. The Morgan fingerprint density at radius 3 is 2.70 bits per heavy atom. The van der Waals surface area contributed by atoms with Gasteiger partial charge in [0.2, 0.25) is 11.8 Å². The molecular formula is C17H24N2O4. The maximum Gasteiger partial charge on any atom is 0.360 e. The van der Waals surface area contributed by atoms with Gasteiger partial charge in [-0.1, -0.05) is 25.7 Å². The highest BCUT2D eigenvalue weighted by Crippen LogP contribution is 2.32. The Labute approximate surface area is 136 Å². The third-order valence-electron chi connectivity index (χ3n) is 4.80. The highest BCUT2D eigenvalue weighted by molar-refractivity contribution is 5.86. The Hall–Kier alpha value is -1.85. The molecule has 1 aromatic rings. The maximum atomic E-state index is 12.5. The molecule has 1 heterocycles. The Morgan fingerprint density at radius 2 is 2.04 bits per heavy atom. The summed E-state index contributed by atoms with van der Waals surface area (Å²) in [5, 5.41) is 0. The second-order valence-corrected chi connectivity index (χ2v) is 6.56. The highest BCUT2D eigenvalue weighted by atomic mass is 16.5. The molecule has 0 atom stereocenters. The van der Waals surface area contributed by atoms with Crippen molar-refractivity contribution in [3.8, 4) is 0 Å². The van der Waals surface area contributed by atoms with E-state index < -0.39 is 5.97 Å². The lowest BCUT2D eigenvalue weighted by molar-refractivity contribution is -0.133. The first-order valence-electron chi connectivity index (χ1n) is 8.49. The van der Waals surface area contributed by atoms with Crippen molar-refractivity contribution in [2.75, 3.05) is 7.11 Å². The Morgan fingerprint density at radius 1 is 1.30 bits per heavy atom. The van der Waals surface area contributed by atoms with Crippen molar-refractivity contribution in [1.29, 1.82) is 0 Å². The third kappa shape index (κ3) is 4.12. The largest absolute Gasteiger partial charge is 0.464 e. The summed E-state index contributed by atoms with van der Waals surface area (Å²) in [6, 6.07) is 0.305. The number of oxazole rings is 1. The van der Waals surface area contributed by atoms with Gasteiger partial charge in [-0.05, 0) is 25.2 Å². The number of rotatable bonds is 7. The van der Waals surface area contributed by atoms with E-state index in [4.69, 9.17) is 4.42 Å². The minimum Gasteiger partial charge on any atom is -0.464 e. The minimum atomic E-state index is -0.523. The summed E-state index contributed by atoms with van der Waals surface area (Å²) >= 11 is 0. The van der Waals surface area contributed by atoms with Crippen LogP contribution in [0, 0.1) is 5.92 Å². The van der Waals surface area contributed by atoms with Gasteiger partial charge in [-0.15, -0.1) is 0 Å². The van der Waals surface area contributed by atoms with Gasteiger partial charge in [0, 0.05) is 12.5 Å². The number of nitrogens with zero attached hydrogens (tertiary/aromatic N) is 2. The van der Waals surface area contributed by atoms with Crippen molar-refractivity contribution in [3.63, 3.8) is 0 Å². The number of carbonyl (C=O) groups is 2. The van der Waals surface area contributed by atoms with Gasteiger partial charge in [0.05, 0.1) is 13.7 Å². The number of aromatic nitrogens is 1. The van der Waals surface area contributed by atoms with Crippen LogP contribution in [0.3, 0.4) is 0 Å². The number of hydrogen-bond acceptors (Lipinski definition) is 5. The van der Waals surface area contributed by atoms with Crippen molar-refractivity contribution in [2.24, 2.45) is 5.92 Å². The van der Waals surface area contributed by atoms with E-state index in [0.29, 0.717) is 30.8 Å². The van der Waals surface area contributed by atoms with Crippen LogP contribution in [-0.4, -0.2) is 34.9 Å². The molecule has 0 aromatic carbocycles. The predicted molar refractivity (Wildman–Crippen MR) is 82.6 cm³/mol. The van der Waals surface area contributed by atoms with Crippen molar-refractivity contribution in [1.82, 2.24) is 9.88 Å². The van der Waals surface area contributed by atoms with E-state index in [1.54, 1.807) is 0 Å². The molecule has 2 aliphatic carbocycles. The lowest BCUT2D eigenvalue weighted by Crippen LogP contribution is -2.32. The maximum absolute atomic E-state index is 12.5. The lowest BCUT2D eigenvalue weighted by atomic mass is 10.0. The van der Waals surface area contributed by atoms with Crippen LogP contribution in [0.2, 0.25) is 0 Å². The summed E-state index contributed by atoms with van der Waals surface area (Å²) in [6.07, 6.45) is 10.1. The van der Waals surface area contributed by atoms with E-state index in [-0.39, 0.29) is 11.6 Å². The van der Waals surface area contributed by atoms with Crippen molar-refractivity contribution < 1.29 is 18.7 Å². The molecule has 0 saturated heterocycles. The first kappa shape index (κ1) is 16.0. The summed E-state index contributed by atoms with van der Waals surface area (Å²) in [5.41, 5.74) is 0.150. The molecule has 23 heavy (non-hydrogen) atoms. The monoisotopic (exact) mass is 320 g/mol. The molecule has 1 aromatic heterocycles. The van der Waals surface area contributed by atoms with Crippen LogP contribution >= 0.6 is 0 Å². The van der Waals surface area contributed by atoms with E-state index in [1.807, 2.05) is 4.90 Å². The Bertz CT molecular complexity index is 559. The first-order chi connectivity index (χ1) is 11.2. The summed E-state index contributed by atoms with van der Waals surface area (Å²) in [7, 11) is 1.31. The number of esters is 1. The molecule has 0 bridgehead atoms. The van der Waals surface area contributed by atoms with Gasteiger partial charge in [-0.2, -0.15) is 0 Å². The molecule has 0 unspecified atom stereocenters. The standard InChI is InChI=1S/C17H24N2O4/c1-22-17(21)14-11-23-15(18-14)10-19(13-7-8-13)16(20)9-6-12-4-2-3-5-12/h11-13H,2-10H2,1H3. The van der Waals surface area contributed by atoms with Gasteiger partial charge in [-0.3, -0.25) is 4.79 Å². The van der Waals surface area contributed by atoms with E-state index in [0.717, 1.165) is 19.3 Å². The summed E-state index contributed by atoms with van der Waals surface area (Å²) in [5.74, 6) is 0.766. The summed E-state index contributed by atoms with van der Waals surface area (Å²) in [4.78, 5) is 29.9. The van der Waals surface area contributed by atoms with Gasteiger partial charge < -0.3 is 14.1 Å². The number of hydrogen-bond donors (Lipinski definition) is 0. The molecule has 6 heteroatoms. The van der Waals surface area contributed by atoms with Gasteiger partial charge in [0.1, 0.15) is 6.26 Å². The molecule has 0 N–H and O–H groups in total. The lowest BCUT2D eigenvalue weighted by Gasteiger charge is -2.21.